The van der Waals surface area contributed by atoms with Crippen LogP contribution in [0.4, 0.5) is 5.69 Å². The summed E-state index contributed by atoms with van der Waals surface area (Å²) in [5, 5.41) is 9.14. The number of hydrogen-bond acceptors (Lipinski definition) is 3. The third kappa shape index (κ3) is 1.03. The number of nitrogens with two attached hydrogens (primary N) is 1. The Kier molecular flexibility index (Phi) is 1.49. The molecular formula is C7H10N2O. The Hall–Kier alpha value is -1.25. The number of anilines is 1. The summed E-state index contributed by atoms with van der Waals surface area (Å²) in [5.74, 6) is 0.0885. The first-order valence-corrected chi connectivity index (χ1v) is 3.04. The molecule has 0 spiro atoms. The number of aromatic hydroxyl groups is 1. The minimum Gasteiger partial charge on any atom is -0.504 e. The van der Waals surface area contributed by atoms with Crippen molar-refractivity contribution in [2.24, 2.45) is 0 Å². The van der Waals surface area contributed by atoms with Crippen LogP contribution in [-0.2, 0) is 0 Å². The van der Waals surface area contributed by atoms with Crippen molar-refractivity contribution in [3.63, 3.8) is 0 Å². The molecule has 0 aliphatic heterocycles. The van der Waals surface area contributed by atoms with E-state index in [1.54, 1.807) is 13.0 Å². The van der Waals surface area contributed by atoms with Gasteiger partial charge in [-0.05, 0) is 19.9 Å². The highest BCUT2D eigenvalue weighted by Crippen LogP contribution is 2.22. The molecular weight excluding hydrogens is 128 g/mol. The van der Waals surface area contributed by atoms with Crippen LogP contribution in [0.25, 0.3) is 0 Å². The molecule has 0 aliphatic rings. The maximum atomic E-state index is 9.14. The summed E-state index contributed by atoms with van der Waals surface area (Å²) >= 11 is 0. The second-order valence-electron chi connectivity index (χ2n) is 2.29. The Balaban J connectivity index is 3.31. The molecule has 3 nitrogen and oxygen atoms in total. The van der Waals surface area contributed by atoms with E-state index in [0.717, 1.165) is 5.69 Å². The molecule has 1 aromatic rings. The van der Waals surface area contributed by atoms with Gasteiger partial charge < -0.3 is 10.8 Å². The number of pyridine rings is 1. The van der Waals surface area contributed by atoms with Crippen molar-refractivity contribution < 1.29 is 5.11 Å². The van der Waals surface area contributed by atoms with Crippen molar-refractivity contribution in [2.45, 2.75) is 13.8 Å². The Bertz CT molecular complexity index is 235. The van der Waals surface area contributed by atoms with Gasteiger partial charge in [-0.1, -0.05) is 0 Å². The van der Waals surface area contributed by atoms with Gasteiger partial charge in [0.1, 0.15) is 0 Å². The lowest BCUT2D eigenvalue weighted by Gasteiger charge is -2.01. The fourth-order valence-electron chi connectivity index (χ4n) is 0.852. The highest BCUT2D eigenvalue weighted by Gasteiger charge is 2.01. The molecule has 54 valence electrons. The summed E-state index contributed by atoms with van der Waals surface area (Å²) in [7, 11) is 0. The van der Waals surface area contributed by atoms with Crippen molar-refractivity contribution in [3.8, 4) is 5.75 Å². The molecule has 0 fully saturated rings. The highest BCUT2D eigenvalue weighted by molar-refractivity contribution is 5.53. The minimum absolute atomic E-state index is 0.0885. The Morgan fingerprint density at radius 1 is 1.50 bits per heavy atom. The maximum absolute atomic E-state index is 9.14. The van der Waals surface area contributed by atoms with Crippen LogP contribution in [-0.4, -0.2) is 10.1 Å². The van der Waals surface area contributed by atoms with Crippen LogP contribution in [0.1, 0.15) is 11.4 Å². The number of aryl methyl sites for hydroxylation is 2. The maximum Gasteiger partial charge on any atom is 0.159 e. The van der Waals surface area contributed by atoms with Crippen LogP contribution in [0.3, 0.4) is 0 Å². The zero-order chi connectivity index (χ0) is 7.72. The zero-order valence-corrected chi connectivity index (χ0v) is 6.05. The first-order chi connectivity index (χ1) is 4.61. The topological polar surface area (TPSA) is 59.1 Å². The first-order valence-electron chi connectivity index (χ1n) is 3.04. The average Bonchev–Trinajstić information content (AvgIpc) is 1.82. The number of nitrogens with zero attached hydrogens (tertiary/aromatic N) is 1. The van der Waals surface area contributed by atoms with Gasteiger partial charge in [0.2, 0.25) is 0 Å². The van der Waals surface area contributed by atoms with E-state index in [9.17, 15) is 0 Å². The van der Waals surface area contributed by atoms with Crippen LogP contribution in [0.15, 0.2) is 6.07 Å². The van der Waals surface area contributed by atoms with Gasteiger partial charge in [0.05, 0.1) is 11.4 Å². The van der Waals surface area contributed by atoms with E-state index in [2.05, 4.69) is 4.98 Å². The van der Waals surface area contributed by atoms with Gasteiger partial charge in [-0.15, -0.1) is 0 Å². The monoisotopic (exact) mass is 138 g/mol. The molecule has 0 saturated heterocycles. The van der Waals surface area contributed by atoms with E-state index < -0.39 is 0 Å². The standard InChI is InChI=1S/C7H10N2O/c1-4-3-6(8)7(10)5(2)9-4/h3,10H,1-2H3,(H2,8,9). The molecule has 10 heavy (non-hydrogen) atoms. The molecule has 0 radical (unpaired) electrons. The van der Waals surface area contributed by atoms with Gasteiger partial charge in [0, 0.05) is 5.69 Å². The van der Waals surface area contributed by atoms with Gasteiger partial charge in [-0.25, -0.2) is 0 Å². The number of aromatic nitrogens is 1. The fraction of sp³-hybridized carbons (Fsp3) is 0.286. The van der Waals surface area contributed by atoms with E-state index in [1.165, 1.54) is 0 Å². The van der Waals surface area contributed by atoms with Crippen molar-refractivity contribution in [1.29, 1.82) is 0 Å². The van der Waals surface area contributed by atoms with Crippen LogP contribution >= 0.6 is 0 Å². The first kappa shape index (κ1) is 6.86. The van der Waals surface area contributed by atoms with Gasteiger partial charge in [-0.3, -0.25) is 4.98 Å². The molecule has 1 heterocycles. The van der Waals surface area contributed by atoms with E-state index in [4.69, 9.17) is 10.8 Å². The second kappa shape index (κ2) is 2.17. The van der Waals surface area contributed by atoms with Crippen molar-refractivity contribution in [3.05, 3.63) is 17.5 Å². The quantitative estimate of drug-likeness (QED) is 0.562. The normalized spacial score (nSPS) is 9.80. The summed E-state index contributed by atoms with van der Waals surface area (Å²) in [4.78, 5) is 4.00. The Labute approximate surface area is 59.5 Å². The molecule has 3 N–H and O–H groups in total. The molecule has 3 heteroatoms. The van der Waals surface area contributed by atoms with Crippen molar-refractivity contribution in [2.75, 3.05) is 5.73 Å². The molecule has 0 atom stereocenters. The minimum atomic E-state index is 0.0885. The molecule has 0 aromatic carbocycles. The summed E-state index contributed by atoms with van der Waals surface area (Å²) in [6.07, 6.45) is 0. The lowest BCUT2D eigenvalue weighted by molar-refractivity contribution is 0.470. The van der Waals surface area contributed by atoms with Crippen LogP contribution in [0.2, 0.25) is 0 Å². The molecule has 1 aromatic heterocycles. The van der Waals surface area contributed by atoms with Crippen LogP contribution in [0.5, 0.6) is 5.75 Å². The molecule has 0 aliphatic carbocycles. The summed E-state index contributed by atoms with van der Waals surface area (Å²) in [5.41, 5.74) is 7.23. The van der Waals surface area contributed by atoms with Gasteiger partial charge in [0.25, 0.3) is 0 Å². The number of hydrogen-bond donors (Lipinski definition) is 2. The second-order valence-corrected chi connectivity index (χ2v) is 2.29. The molecule has 0 saturated carbocycles. The van der Waals surface area contributed by atoms with Crippen LogP contribution < -0.4 is 5.73 Å². The molecule has 1 rings (SSSR count). The third-order valence-electron chi connectivity index (χ3n) is 1.32. The molecule has 0 unspecified atom stereocenters. The largest absolute Gasteiger partial charge is 0.504 e. The SMILES string of the molecule is Cc1cc(N)c(O)c(C)n1. The van der Waals surface area contributed by atoms with Crippen molar-refractivity contribution >= 4 is 5.69 Å². The molecule has 0 amide bonds. The predicted molar refractivity (Wildman–Crippen MR) is 39.8 cm³/mol. The van der Waals surface area contributed by atoms with E-state index in [0.29, 0.717) is 11.4 Å². The zero-order valence-electron chi connectivity index (χ0n) is 6.05. The Morgan fingerprint density at radius 2 is 2.10 bits per heavy atom. The number of rotatable bonds is 0. The smallest absolute Gasteiger partial charge is 0.159 e. The molecule has 0 bridgehead atoms. The van der Waals surface area contributed by atoms with E-state index in [-0.39, 0.29) is 5.75 Å². The van der Waals surface area contributed by atoms with Gasteiger partial charge in [-0.2, -0.15) is 0 Å². The predicted octanol–water partition coefficient (Wildman–Crippen LogP) is 0.986. The lowest BCUT2D eigenvalue weighted by Crippen LogP contribution is -1.92. The fourth-order valence-corrected chi connectivity index (χ4v) is 0.852. The van der Waals surface area contributed by atoms with E-state index >= 15 is 0 Å². The highest BCUT2D eigenvalue weighted by atomic mass is 16.3. The summed E-state index contributed by atoms with van der Waals surface area (Å²) in [6.45, 7) is 3.56. The summed E-state index contributed by atoms with van der Waals surface area (Å²) in [6, 6.07) is 1.64. The lowest BCUT2D eigenvalue weighted by atomic mass is 10.2. The summed E-state index contributed by atoms with van der Waals surface area (Å²) < 4.78 is 0. The van der Waals surface area contributed by atoms with Crippen LogP contribution in [0, 0.1) is 13.8 Å². The van der Waals surface area contributed by atoms with Gasteiger partial charge in [0.15, 0.2) is 5.75 Å². The van der Waals surface area contributed by atoms with Gasteiger partial charge >= 0.3 is 0 Å². The third-order valence-corrected chi connectivity index (χ3v) is 1.32. The van der Waals surface area contributed by atoms with E-state index in [1.807, 2.05) is 6.92 Å². The van der Waals surface area contributed by atoms with Crippen molar-refractivity contribution in [1.82, 2.24) is 4.98 Å². The Morgan fingerprint density at radius 3 is 2.60 bits per heavy atom. The average molecular weight is 138 g/mol. The number of nitrogen functional groups attached to an aromatic ring is 1.